The van der Waals surface area contributed by atoms with Gasteiger partial charge in [0.1, 0.15) is 5.76 Å². The number of ether oxygens (including phenoxy) is 1. The molecule has 0 unspecified atom stereocenters. The van der Waals surface area contributed by atoms with Crippen molar-refractivity contribution in [2.45, 2.75) is 20.3 Å². The molecule has 8 nitrogen and oxygen atoms in total. The zero-order valence-corrected chi connectivity index (χ0v) is 16.8. The largest absolute Gasteiger partial charge is 0.382 e. The standard InChI is InChI=1S/C19H25N3O5S/c1-3-26-12-7-11-22(15-19(23)20-18-14-16(2)27-21-18)28(24,25)13-10-17-8-5-4-6-9-17/h4-6,8-10,13-14H,3,7,11-12,15H2,1-2H3,(H,20,21,23). The van der Waals surface area contributed by atoms with E-state index in [1.165, 1.54) is 6.08 Å². The second-order valence-electron chi connectivity index (χ2n) is 6.01. The Morgan fingerprint density at radius 2 is 2.07 bits per heavy atom. The predicted octanol–water partition coefficient (Wildman–Crippen LogP) is 2.65. The lowest BCUT2D eigenvalue weighted by Gasteiger charge is -2.19. The van der Waals surface area contributed by atoms with Crippen LogP contribution >= 0.6 is 0 Å². The van der Waals surface area contributed by atoms with Crippen molar-refractivity contribution in [2.75, 3.05) is 31.6 Å². The number of anilines is 1. The highest BCUT2D eigenvalue weighted by molar-refractivity contribution is 7.92. The zero-order chi connectivity index (χ0) is 20.4. The molecule has 2 rings (SSSR count). The number of carbonyl (C=O) groups excluding carboxylic acids is 1. The first-order chi connectivity index (χ1) is 13.4. The molecule has 0 aliphatic rings. The number of amides is 1. The van der Waals surface area contributed by atoms with Crippen LogP contribution in [0.25, 0.3) is 6.08 Å². The Labute approximate surface area is 165 Å². The quantitative estimate of drug-likeness (QED) is 0.575. The van der Waals surface area contributed by atoms with Crippen LogP contribution in [0.3, 0.4) is 0 Å². The van der Waals surface area contributed by atoms with Gasteiger partial charge in [0.05, 0.1) is 6.54 Å². The van der Waals surface area contributed by atoms with Gasteiger partial charge in [0.25, 0.3) is 0 Å². The molecular formula is C19H25N3O5S. The van der Waals surface area contributed by atoms with Gasteiger partial charge in [-0.3, -0.25) is 4.79 Å². The Hall–Kier alpha value is -2.49. The van der Waals surface area contributed by atoms with E-state index in [1.54, 1.807) is 25.1 Å². The van der Waals surface area contributed by atoms with Crippen molar-refractivity contribution in [3.05, 3.63) is 53.1 Å². The Balaban J connectivity index is 2.07. The van der Waals surface area contributed by atoms with E-state index >= 15 is 0 Å². The molecule has 0 spiro atoms. The second-order valence-corrected chi connectivity index (χ2v) is 7.83. The van der Waals surface area contributed by atoms with Gasteiger partial charge in [0.2, 0.25) is 15.9 Å². The molecule has 1 heterocycles. The highest BCUT2D eigenvalue weighted by Crippen LogP contribution is 2.11. The minimum absolute atomic E-state index is 0.159. The average Bonchev–Trinajstić information content (AvgIpc) is 3.08. The van der Waals surface area contributed by atoms with Crippen LogP contribution < -0.4 is 5.32 Å². The van der Waals surface area contributed by atoms with Crippen molar-refractivity contribution in [2.24, 2.45) is 0 Å². The fourth-order valence-corrected chi connectivity index (χ4v) is 3.55. The van der Waals surface area contributed by atoms with E-state index in [1.807, 2.05) is 25.1 Å². The van der Waals surface area contributed by atoms with E-state index in [2.05, 4.69) is 10.5 Å². The van der Waals surface area contributed by atoms with E-state index < -0.39 is 15.9 Å². The number of nitrogens with zero attached hydrogens (tertiary/aromatic N) is 2. The number of carbonyl (C=O) groups is 1. The SMILES string of the molecule is CCOCCCN(CC(=O)Nc1cc(C)on1)S(=O)(=O)C=Cc1ccccc1. The molecular weight excluding hydrogens is 382 g/mol. The average molecular weight is 407 g/mol. The summed E-state index contributed by atoms with van der Waals surface area (Å²) in [6.07, 6.45) is 1.98. The van der Waals surface area contributed by atoms with Gasteiger partial charge in [-0.2, -0.15) is 4.31 Å². The molecule has 1 aromatic carbocycles. The second kappa shape index (κ2) is 10.7. The maximum atomic E-state index is 12.7. The number of benzene rings is 1. The van der Waals surface area contributed by atoms with Crippen LogP contribution in [0.4, 0.5) is 5.82 Å². The van der Waals surface area contributed by atoms with Gasteiger partial charge in [-0.15, -0.1) is 0 Å². The Kier molecular flexibility index (Phi) is 8.37. The first-order valence-corrected chi connectivity index (χ1v) is 10.4. The van der Waals surface area contributed by atoms with Crippen molar-refractivity contribution in [1.82, 2.24) is 9.46 Å². The summed E-state index contributed by atoms with van der Waals surface area (Å²) in [7, 11) is -3.80. The van der Waals surface area contributed by atoms with Crippen molar-refractivity contribution in [3.8, 4) is 0 Å². The smallest absolute Gasteiger partial charge is 0.240 e. The molecule has 1 N–H and O–H groups in total. The summed E-state index contributed by atoms with van der Waals surface area (Å²) >= 11 is 0. The van der Waals surface area contributed by atoms with E-state index in [4.69, 9.17) is 9.26 Å². The highest BCUT2D eigenvalue weighted by Gasteiger charge is 2.22. The Bertz CT molecular complexity index is 878. The van der Waals surface area contributed by atoms with Crippen LogP contribution in [0.1, 0.15) is 24.7 Å². The third-order valence-corrected chi connectivity index (χ3v) is 5.22. The molecule has 0 aliphatic carbocycles. The summed E-state index contributed by atoms with van der Waals surface area (Å²) in [6, 6.07) is 10.6. The molecule has 0 radical (unpaired) electrons. The van der Waals surface area contributed by atoms with Crippen molar-refractivity contribution in [3.63, 3.8) is 0 Å². The van der Waals surface area contributed by atoms with Crippen molar-refractivity contribution in [1.29, 1.82) is 0 Å². The molecule has 2 aromatic rings. The number of nitrogens with one attached hydrogen (secondary N) is 1. The lowest BCUT2D eigenvalue weighted by molar-refractivity contribution is -0.116. The van der Waals surface area contributed by atoms with Gasteiger partial charge < -0.3 is 14.6 Å². The maximum Gasteiger partial charge on any atom is 0.240 e. The molecule has 152 valence electrons. The minimum Gasteiger partial charge on any atom is -0.382 e. The van der Waals surface area contributed by atoms with Gasteiger partial charge in [-0.25, -0.2) is 8.42 Å². The normalized spacial score (nSPS) is 12.0. The van der Waals surface area contributed by atoms with Crippen LogP contribution in [0.5, 0.6) is 0 Å². The maximum absolute atomic E-state index is 12.7. The minimum atomic E-state index is -3.80. The zero-order valence-electron chi connectivity index (χ0n) is 16.0. The Morgan fingerprint density at radius 1 is 1.32 bits per heavy atom. The first-order valence-electron chi connectivity index (χ1n) is 8.95. The highest BCUT2D eigenvalue weighted by atomic mass is 32.2. The molecule has 9 heteroatoms. The topological polar surface area (TPSA) is 102 Å². The predicted molar refractivity (Wildman–Crippen MR) is 107 cm³/mol. The molecule has 0 saturated heterocycles. The summed E-state index contributed by atoms with van der Waals surface area (Å²) < 4.78 is 36.8. The van der Waals surface area contributed by atoms with Crippen LogP contribution in [0.15, 0.2) is 46.3 Å². The third kappa shape index (κ3) is 7.26. The van der Waals surface area contributed by atoms with Crippen LogP contribution in [0, 0.1) is 6.92 Å². The molecule has 0 aliphatic heterocycles. The van der Waals surface area contributed by atoms with Gasteiger partial charge in [-0.1, -0.05) is 35.5 Å². The van der Waals surface area contributed by atoms with Crippen LogP contribution in [0.2, 0.25) is 0 Å². The Morgan fingerprint density at radius 3 is 2.71 bits per heavy atom. The summed E-state index contributed by atoms with van der Waals surface area (Å²) in [6.45, 7) is 4.35. The summed E-state index contributed by atoms with van der Waals surface area (Å²) in [5.41, 5.74) is 0.753. The van der Waals surface area contributed by atoms with Gasteiger partial charge in [-0.05, 0) is 31.9 Å². The van der Waals surface area contributed by atoms with Crippen LogP contribution in [-0.4, -0.2) is 50.1 Å². The fourth-order valence-electron chi connectivity index (χ4n) is 2.37. The number of aryl methyl sites for hydroxylation is 1. The van der Waals surface area contributed by atoms with Gasteiger partial charge in [0, 0.05) is 31.2 Å². The first kappa shape index (κ1) is 21.8. The lowest BCUT2D eigenvalue weighted by Crippen LogP contribution is -2.38. The number of aromatic nitrogens is 1. The van der Waals surface area contributed by atoms with E-state index in [-0.39, 0.29) is 18.9 Å². The fraction of sp³-hybridized carbons (Fsp3) is 0.368. The number of hydrogen-bond acceptors (Lipinski definition) is 6. The van der Waals surface area contributed by atoms with E-state index in [0.717, 1.165) is 15.3 Å². The van der Waals surface area contributed by atoms with Crippen LogP contribution in [-0.2, 0) is 19.6 Å². The lowest BCUT2D eigenvalue weighted by atomic mass is 10.2. The number of rotatable bonds is 11. The molecule has 0 saturated carbocycles. The van der Waals surface area contributed by atoms with E-state index in [0.29, 0.717) is 25.4 Å². The molecule has 0 fully saturated rings. The van der Waals surface area contributed by atoms with Gasteiger partial charge >= 0.3 is 0 Å². The molecule has 1 aromatic heterocycles. The van der Waals surface area contributed by atoms with Crippen molar-refractivity contribution < 1.29 is 22.5 Å². The van der Waals surface area contributed by atoms with Crippen molar-refractivity contribution >= 4 is 27.8 Å². The monoisotopic (exact) mass is 407 g/mol. The summed E-state index contributed by atoms with van der Waals surface area (Å²) in [5.74, 6) is 0.290. The van der Waals surface area contributed by atoms with Gasteiger partial charge in [0.15, 0.2) is 5.82 Å². The number of sulfonamides is 1. The molecule has 28 heavy (non-hydrogen) atoms. The molecule has 0 bridgehead atoms. The summed E-state index contributed by atoms with van der Waals surface area (Å²) in [4.78, 5) is 12.3. The summed E-state index contributed by atoms with van der Waals surface area (Å²) in [5, 5.41) is 7.32. The molecule has 0 atom stereocenters. The number of hydrogen-bond donors (Lipinski definition) is 1. The molecule has 1 amide bonds. The van der Waals surface area contributed by atoms with E-state index in [9.17, 15) is 13.2 Å². The third-order valence-electron chi connectivity index (χ3n) is 3.71.